The van der Waals surface area contributed by atoms with Crippen molar-refractivity contribution in [2.45, 2.75) is 75.1 Å². The average molecular weight is 672 g/mol. The van der Waals surface area contributed by atoms with Gasteiger partial charge >= 0.3 is 246 Å². The van der Waals surface area contributed by atoms with Crippen LogP contribution in [0.3, 0.4) is 0 Å². The second-order valence-electron chi connectivity index (χ2n) is 11.9. The summed E-state index contributed by atoms with van der Waals surface area (Å²) in [7, 11) is 0. The Morgan fingerprint density at radius 1 is 0.676 bits per heavy atom. The quantitative estimate of drug-likeness (QED) is 0.137. The zero-order valence-electron chi connectivity index (χ0n) is 23.6. The van der Waals surface area contributed by atoms with Crippen molar-refractivity contribution in [3.8, 4) is 20.9 Å². The monoisotopic (exact) mass is 672 g/mol. The number of benzene rings is 1. The van der Waals surface area contributed by atoms with E-state index in [0.717, 1.165) is 11.8 Å². The molecule has 37 heavy (non-hydrogen) atoms. The van der Waals surface area contributed by atoms with Gasteiger partial charge in [-0.3, -0.25) is 0 Å². The molecule has 1 aromatic carbocycles. The number of rotatable bonds is 9. The SMILES string of the molecule is CCC(C)Cc1ccc(-c2c3c[c]([Sn]([CH3])([CH3])[CH3])sc3c(-c3ccc(CC(C)CC)s3)c3cc(C)sc23)s1. The summed E-state index contributed by atoms with van der Waals surface area (Å²) < 4.78 is 4.70. The molecule has 196 valence electrons. The molecule has 4 heterocycles. The van der Waals surface area contributed by atoms with E-state index >= 15 is 0 Å². The molecule has 0 nitrogen and oxygen atoms in total. The van der Waals surface area contributed by atoms with E-state index in [-0.39, 0.29) is 0 Å². The van der Waals surface area contributed by atoms with Crippen LogP contribution in [0.4, 0.5) is 0 Å². The number of aryl methyl sites for hydroxylation is 1. The van der Waals surface area contributed by atoms with Crippen LogP contribution in [0.5, 0.6) is 0 Å². The number of hydrogen-bond donors (Lipinski definition) is 0. The summed E-state index contributed by atoms with van der Waals surface area (Å²) in [5, 5.41) is 2.97. The minimum absolute atomic E-state index is 0.740. The van der Waals surface area contributed by atoms with E-state index in [0.29, 0.717) is 0 Å². The Kier molecular flexibility index (Phi) is 8.35. The number of hydrogen-bond acceptors (Lipinski definition) is 4. The summed E-state index contributed by atoms with van der Waals surface area (Å²) in [6.07, 6.45) is 4.87. The van der Waals surface area contributed by atoms with Crippen LogP contribution in [0.15, 0.2) is 36.4 Å². The fourth-order valence-corrected chi connectivity index (χ4v) is 15.1. The Morgan fingerprint density at radius 3 is 1.65 bits per heavy atom. The van der Waals surface area contributed by atoms with Gasteiger partial charge in [-0.05, 0) is 0 Å². The summed E-state index contributed by atoms with van der Waals surface area (Å²) in [4.78, 5) is 15.1. The fourth-order valence-electron chi connectivity index (χ4n) is 4.97. The van der Waals surface area contributed by atoms with Gasteiger partial charge in [0, 0.05) is 0 Å². The van der Waals surface area contributed by atoms with E-state index in [1.54, 1.807) is 2.89 Å². The van der Waals surface area contributed by atoms with Crippen LogP contribution in [0.1, 0.15) is 55.2 Å². The van der Waals surface area contributed by atoms with Crippen LogP contribution < -0.4 is 2.89 Å². The molecule has 4 aromatic heterocycles. The molecule has 0 spiro atoms. The maximum atomic E-state index is 2.62. The Balaban J connectivity index is 1.77. The van der Waals surface area contributed by atoms with Crippen LogP contribution >= 0.6 is 45.3 Å². The molecule has 0 saturated heterocycles. The third-order valence-corrected chi connectivity index (χ3v) is 21.5. The molecule has 2 atom stereocenters. The summed E-state index contributed by atoms with van der Waals surface area (Å²) in [6.45, 7) is 11.7. The van der Waals surface area contributed by atoms with Crippen molar-refractivity contribution in [1.29, 1.82) is 0 Å². The van der Waals surface area contributed by atoms with Crippen molar-refractivity contribution in [2.24, 2.45) is 11.8 Å². The van der Waals surface area contributed by atoms with E-state index in [9.17, 15) is 0 Å². The number of thiophene rings is 4. The van der Waals surface area contributed by atoms with Gasteiger partial charge in [0.15, 0.2) is 0 Å². The van der Waals surface area contributed by atoms with Gasteiger partial charge in [-0.1, -0.05) is 0 Å². The van der Waals surface area contributed by atoms with Crippen molar-refractivity contribution in [3.05, 3.63) is 51.0 Å². The van der Waals surface area contributed by atoms with Crippen LogP contribution in [0.2, 0.25) is 14.8 Å². The normalized spacial score (nSPS) is 14.2. The molecule has 0 fully saturated rings. The zero-order chi connectivity index (χ0) is 26.5. The second-order valence-corrected chi connectivity index (χ2v) is 32.0. The van der Waals surface area contributed by atoms with Crippen molar-refractivity contribution in [1.82, 2.24) is 0 Å². The summed E-state index contributed by atoms with van der Waals surface area (Å²) in [6, 6.07) is 14.7. The van der Waals surface area contributed by atoms with Gasteiger partial charge in [0.25, 0.3) is 0 Å². The Hall–Kier alpha value is -0.661. The van der Waals surface area contributed by atoms with Gasteiger partial charge in [-0.25, -0.2) is 0 Å². The summed E-state index contributed by atoms with van der Waals surface area (Å²) in [5.74, 6) is 1.48. The van der Waals surface area contributed by atoms with Crippen molar-refractivity contribution in [2.75, 3.05) is 0 Å². The average Bonchev–Trinajstić information content (AvgIpc) is 3.63. The van der Waals surface area contributed by atoms with Crippen LogP contribution in [-0.2, 0) is 12.8 Å². The van der Waals surface area contributed by atoms with Gasteiger partial charge in [-0.15, -0.1) is 0 Å². The van der Waals surface area contributed by atoms with Crippen molar-refractivity contribution in [3.63, 3.8) is 0 Å². The Morgan fingerprint density at radius 2 is 1.16 bits per heavy atom. The summed E-state index contributed by atoms with van der Waals surface area (Å²) in [5.41, 5.74) is 3.00. The molecule has 0 aliphatic heterocycles. The maximum absolute atomic E-state index is 2.62. The molecule has 0 N–H and O–H groups in total. The first-order valence-electron chi connectivity index (χ1n) is 13.8. The molecule has 0 aliphatic rings. The molecule has 5 rings (SSSR count). The van der Waals surface area contributed by atoms with E-state index in [1.165, 1.54) is 81.4 Å². The van der Waals surface area contributed by atoms with Gasteiger partial charge in [-0.2, -0.15) is 0 Å². The molecule has 5 aromatic rings. The van der Waals surface area contributed by atoms with Crippen LogP contribution in [0.25, 0.3) is 41.1 Å². The van der Waals surface area contributed by atoms with Crippen LogP contribution in [0, 0.1) is 18.8 Å². The first-order chi connectivity index (χ1) is 17.6. The molecular formula is C32H40S4Sn. The molecule has 0 amide bonds. The third-order valence-electron chi connectivity index (χ3n) is 7.63. The minimum atomic E-state index is -2.25. The van der Waals surface area contributed by atoms with Crippen molar-refractivity contribution >= 4 is 86.8 Å². The molecule has 2 unspecified atom stereocenters. The van der Waals surface area contributed by atoms with Gasteiger partial charge < -0.3 is 0 Å². The van der Waals surface area contributed by atoms with E-state index < -0.39 is 18.4 Å². The first kappa shape index (κ1) is 27.9. The predicted octanol–water partition coefficient (Wildman–Crippen LogP) is 11.6. The molecule has 0 bridgehead atoms. The Labute approximate surface area is 243 Å². The molecule has 0 saturated carbocycles. The van der Waals surface area contributed by atoms with E-state index in [1.807, 2.05) is 34.0 Å². The second kappa shape index (κ2) is 11.1. The van der Waals surface area contributed by atoms with Gasteiger partial charge in [0.1, 0.15) is 0 Å². The topological polar surface area (TPSA) is 0 Å². The Bertz CT molecular complexity index is 1430. The number of fused-ring (bicyclic) bond motifs is 2. The molecular weight excluding hydrogens is 631 g/mol. The molecule has 5 heteroatoms. The zero-order valence-corrected chi connectivity index (χ0v) is 29.7. The molecule has 0 aliphatic carbocycles. The van der Waals surface area contributed by atoms with E-state index in [4.69, 9.17) is 0 Å². The third kappa shape index (κ3) is 5.66. The van der Waals surface area contributed by atoms with Gasteiger partial charge in [0.2, 0.25) is 0 Å². The standard InChI is InChI=1S/C29H31S4.3CH3.Sn/c1-6-17(3)14-20-8-10-24(32-20)26-22-12-13-30-28(22)27(23-16-19(5)31-29(23)26)25-11-9-21(33-25)15-18(4)7-2;;;;/h8-12,16-18H,6-7,14-15H2,1-5H3;3*1H3;. The molecule has 0 radical (unpaired) electrons. The fraction of sp³-hybridized carbons (Fsp3) is 0.438. The van der Waals surface area contributed by atoms with Gasteiger partial charge in [0.05, 0.1) is 0 Å². The predicted molar refractivity (Wildman–Crippen MR) is 178 cm³/mol. The summed E-state index contributed by atoms with van der Waals surface area (Å²) >= 11 is 5.92. The first-order valence-corrected chi connectivity index (χ1v) is 27.0. The van der Waals surface area contributed by atoms with Crippen LogP contribution in [-0.4, -0.2) is 18.4 Å². The van der Waals surface area contributed by atoms with Crippen molar-refractivity contribution < 1.29 is 0 Å². The van der Waals surface area contributed by atoms with E-state index in [2.05, 4.69) is 97.2 Å².